The van der Waals surface area contributed by atoms with Crippen LogP contribution in [0.1, 0.15) is 60.3 Å². The highest BCUT2D eigenvalue weighted by Crippen LogP contribution is 2.37. The van der Waals surface area contributed by atoms with Crippen molar-refractivity contribution in [3.8, 4) is 0 Å². The number of carboxylic acid groups (broad SMARTS) is 1. The fraction of sp³-hybridized carbons (Fsp3) is 0.938. The molecule has 1 N–H and O–H groups in total. The van der Waals surface area contributed by atoms with Crippen LogP contribution in [0.5, 0.6) is 0 Å². The number of hydrogen-bond acceptors (Lipinski definition) is 2. The summed E-state index contributed by atoms with van der Waals surface area (Å²) < 4.78 is 0. The van der Waals surface area contributed by atoms with Crippen LogP contribution in [0.4, 0.5) is 0 Å². The summed E-state index contributed by atoms with van der Waals surface area (Å²) in [7, 11) is 0. The van der Waals surface area contributed by atoms with Gasteiger partial charge in [0.25, 0.3) is 0 Å². The Hall–Kier alpha value is -0.570. The third kappa shape index (κ3) is 4.48. The standard InChI is InChI=1S/C16H31NO2/c1-6-17(13(5)10-16(18)19)15-9-12(4)7-8-14(15)11(2)3/h11-15H,6-10H2,1-5H3,(H,18,19). The van der Waals surface area contributed by atoms with Gasteiger partial charge in [0.15, 0.2) is 0 Å². The van der Waals surface area contributed by atoms with Crippen LogP contribution in [0, 0.1) is 17.8 Å². The monoisotopic (exact) mass is 269 g/mol. The third-order valence-corrected chi connectivity index (χ3v) is 4.81. The molecule has 1 aliphatic carbocycles. The number of aliphatic carboxylic acids is 1. The molecular weight excluding hydrogens is 238 g/mol. The second-order valence-electron chi connectivity index (χ2n) is 6.67. The van der Waals surface area contributed by atoms with Gasteiger partial charge in [0.2, 0.25) is 0 Å². The maximum absolute atomic E-state index is 11.0. The zero-order chi connectivity index (χ0) is 14.6. The first-order chi connectivity index (χ1) is 8.86. The van der Waals surface area contributed by atoms with Gasteiger partial charge in [0.05, 0.1) is 6.42 Å². The Morgan fingerprint density at radius 3 is 2.42 bits per heavy atom. The smallest absolute Gasteiger partial charge is 0.304 e. The molecule has 0 aliphatic heterocycles. The minimum Gasteiger partial charge on any atom is -0.481 e. The van der Waals surface area contributed by atoms with E-state index in [-0.39, 0.29) is 12.5 Å². The van der Waals surface area contributed by atoms with E-state index in [1.807, 2.05) is 0 Å². The first-order valence-corrected chi connectivity index (χ1v) is 7.84. The number of carboxylic acids is 1. The van der Waals surface area contributed by atoms with E-state index in [0.29, 0.717) is 17.9 Å². The Kier molecular flexibility index (Phi) is 6.31. The second kappa shape index (κ2) is 7.28. The zero-order valence-corrected chi connectivity index (χ0v) is 13.2. The summed E-state index contributed by atoms with van der Waals surface area (Å²) in [6.07, 6.45) is 4.09. The predicted molar refractivity (Wildman–Crippen MR) is 79.2 cm³/mol. The van der Waals surface area contributed by atoms with Crippen molar-refractivity contribution in [2.75, 3.05) is 6.54 Å². The molecule has 19 heavy (non-hydrogen) atoms. The first kappa shape index (κ1) is 16.5. The molecule has 0 radical (unpaired) electrons. The van der Waals surface area contributed by atoms with E-state index >= 15 is 0 Å². The van der Waals surface area contributed by atoms with Crippen LogP contribution in [0.3, 0.4) is 0 Å². The lowest BCUT2D eigenvalue weighted by molar-refractivity contribution is -0.138. The van der Waals surface area contributed by atoms with E-state index < -0.39 is 5.97 Å². The molecule has 112 valence electrons. The lowest BCUT2D eigenvalue weighted by Crippen LogP contribution is -2.50. The van der Waals surface area contributed by atoms with Crippen molar-refractivity contribution in [3.63, 3.8) is 0 Å². The molecule has 4 atom stereocenters. The Labute approximate surface area is 118 Å². The second-order valence-corrected chi connectivity index (χ2v) is 6.67. The van der Waals surface area contributed by atoms with E-state index in [1.54, 1.807) is 0 Å². The van der Waals surface area contributed by atoms with Gasteiger partial charge in [0.1, 0.15) is 0 Å². The number of hydrogen-bond donors (Lipinski definition) is 1. The maximum Gasteiger partial charge on any atom is 0.304 e. The fourth-order valence-corrected chi connectivity index (χ4v) is 3.78. The molecule has 3 heteroatoms. The molecule has 0 amide bonds. The largest absolute Gasteiger partial charge is 0.481 e. The van der Waals surface area contributed by atoms with Crippen molar-refractivity contribution < 1.29 is 9.90 Å². The first-order valence-electron chi connectivity index (χ1n) is 7.84. The summed E-state index contributed by atoms with van der Waals surface area (Å²) in [6, 6.07) is 0.696. The lowest BCUT2D eigenvalue weighted by Gasteiger charge is -2.46. The van der Waals surface area contributed by atoms with Gasteiger partial charge in [-0.1, -0.05) is 34.1 Å². The van der Waals surface area contributed by atoms with Crippen LogP contribution < -0.4 is 0 Å². The topological polar surface area (TPSA) is 40.5 Å². The molecule has 1 fully saturated rings. The van der Waals surface area contributed by atoms with Gasteiger partial charge < -0.3 is 5.11 Å². The van der Waals surface area contributed by atoms with Crippen molar-refractivity contribution in [2.45, 2.75) is 72.4 Å². The highest BCUT2D eigenvalue weighted by molar-refractivity contribution is 5.67. The van der Waals surface area contributed by atoms with E-state index in [4.69, 9.17) is 5.11 Å². The molecule has 0 heterocycles. The summed E-state index contributed by atoms with van der Waals surface area (Å²) in [6.45, 7) is 12.1. The minimum absolute atomic E-state index is 0.138. The molecule has 0 saturated heterocycles. The zero-order valence-electron chi connectivity index (χ0n) is 13.2. The molecule has 0 aromatic carbocycles. The Bertz CT molecular complexity index is 290. The maximum atomic E-state index is 11.0. The molecule has 1 rings (SSSR count). The third-order valence-electron chi connectivity index (χ3n) is 4.81. The van der Waals surface area contributed by atoms with Crippen LogP contribution in [0.2, 0.25) is 0 Å². The average molecular weight is 269 g/mol. The van der Waals surface area contributed by atoms with E-state index in [0.717, 1.165) is 12.5 Å². The number of rotatable bonds is 6. The van der Waals surface area contributed by atoms with Crippen molar-refractivity contribution >= 4 is 5.97 Å². The molecule has 0 bridgehead atoms. The lowest BCUT2D eigenvalue weighted by atomic mass is 9.73. The summed E-state index contributed by atoms with van der Waals surface area (Å²) in [5, 5.41) is 9.03. The molecule has 0 aromatic heterocycles. The molecule has 1 saturated carbocycles. The van der Waals surface area contributed by atoms with Crippen molar-refractivity contribution in [1.29, 1.82) is 0 Å². The summed E-state index contributed by atoms with van der Waals surface area (Å²) in [5.74, 6) is 1.48. The highest BCUT2D eigenvalue weighted by atomic mass is 16.4. The van der Waals surface area contributed by atoms with E-state index in [1.165, 1.54) is 19.3 Å². The predicted octanol–water partition coefficient (Wildman–Crippen LogP) is 3.63. The molecule has 0 aromatic rings. The summed E-state index contributed by atoms with van der Waals surface area (Å²) in [5.41, 5.74) is 0. The van der Waals surface area contributed by atoms with Crippen LogP contribution in [0.25, 0.3) is 0 Å². The van der Waals surface area contributed by atoms with Gasteiger partial charge in [-0.05, 0) is 44.1 Å². The van der Waals surface area contributed by atoms with Gasteiger partial charge in [-0.25, -0.2) is 0 Å². The quantitative estimate of drug-likeness (QED) is 0.800. The molecule has 1 aliphatic rings. The Balaban J connectivity index is 2.81. The highest BCUT2D eigenvalue weighted by Gasteiger charge is 2.36. The Morgan fingerprint density at radius 1 is 1.32 bits per heavy atom. The summed E-state index contributed by atoms with van der Waals surface area (Å²) >= 11 is 0. The van der Waals surface area contributed by atoms with Crippen molar-refractivity contribution in [2.24, 2.45) is 17.8 Å². The molecule has 3 nitrogen and oxygen atoms in total. The molecular formula is C16H31NO2. The van der Waals surface area contributed by atoms with Gasteiger partial charge in [-0.3, -0.25) is 9.69 Å². The van der Waals surface area contributed by atoms with Gasteiger partial charge >= 0.3 is 5.97 Å². The SMILES string of the molecule is CCN(C(C)CC(=O)O)C1CC(C)CCC1C(C)C. The normalized spacial score (nSPS) is 29.7. The van der Waals surface area contributed by atoms with Crippen molar-refractivity contribution in [1.82, 2.24) is 4.90 Å². The van der Waals surface area contributed by atoms with E-state index in [9.17, 15) is 4.79 Å². The van der Waals surface area contributed by atoms with Crippen LogP contribution in [-0.2, 0) is 4.79 Å². The van der Waals surface area contributed by atoms with Crippen LogP contribution in [-0.4, -0.2) is 34.6 Å². The minimum atomic E-state index is -0.684. The fourth-order valence-electron chi connectivity index (χ4n) is 3.78. The Morgan fingerprint density at radius 2 is 1.95 bits per heavy atom. The van der Waals surface area contributed by atoms with Gasteiger partial charge in [-0.15, -0.1) is 0 Å². The molecule has 4 unspecified atom stereocenters. The average Bonchev–Trinajstić information content (AvgIpc) is 2.28. The van der Waals surface area contributed by atoms with Crippen molar-refractivity contribution in [3.05, 3.63) is 0 Å². The number of nitrogens with zero attached hydrogens (tertiary/aromatic N) is 1. The van der Waals surface area contributed by atoms with Gasteiger partial charge in [-0.2, -0.15) is 0 Å². The summed E-state index contributed by atoms with van der Waals surface area (Å²) in [4.78, 5) is 13.4. The van der Waals surface area contributed by atoms with E-state index in [2.05, 4.69) is 39.5 Å². The van der Waals surface area contributed by atoms with Crippen LogP contribution >= 0.6 is 0 Å². The molecule has 0 spiro atoms. The number of carbonyl (C=O) groups is 1. The van der Waals surface area contributed by atoms with Gasteiger partial charge in [0, 0.05) is 12.1 Å². The van der Waals surface area contributed by atoms with Crippen LogP contribution in [0.15, 0.2) is 0 Å².